The molecule has 1 unspecified atom stereocenters. The topological polar surface area (TPSA) is 33.1 Å². The van der Waals surface area contributed by atoms with Crippen molar-refractivity contribution in [2.45, 2.75) is 18.9 Å². The van der Waals surface area contributed by atoms with Gasteiger partial charge in [0.05, 0.1) is 16.8 Å². The standard InChI is InChI=1S/C10H12ClNO/c1-2-3-4-10(13)9-6-5-8(11)7-12-9/h2,5-7,10,13H,1,3-4H2. The monoisotopic (exact) mass is 197 g/mol. The van der Waals surface area contributed by atoms with E-state index in [0.717, 1.165) is 6.42 Å². The van der Waals surface area contributed by atoms with Crippen LogP contribution < -0.4 is 0 Å². The molecule has 70 valence electrons. The summed E-state index contributed by atoms with van der Waals surface area (Å²) in [6.07, 6.45) is 4.23. The van der Waals surface area contributed by atoms with Gasteiger partial charge >= 0.3 is 0 Å². The Kier molecular flexibility index (Phi) is 3.93. The average Bonchev–Trinajstić information content (AvgIpc) is 2.15. The highest BCUT2D eigenvalue weighted by Crippen LogP contribution is 2.17. The van der Waals surface area contributed by atoms with Gasteiger partial charge in [-0.3, -0.25) is 4.98 Å². The van der Waals surface area contributed by atoms with Crippen LogP contribution in [0.1, 0.15) is 24.6 Å². The molecule has 13 heavy (non-hydrogen) atoms. The van der Waals surface area contributed by atoms with Crippen molar-refractivity contribution in [3.63, 3.8) is 0 Å². The van der Waals surface area contributed by atoms with E-state index >= 15 is 0 Å². The molecule has 3 heteroatoms. The summed E-state index contributed by atoms with van der Waals surface area (Å²) in [5.74, 6) is 0. The van der Waals surface area contributed by atoms with Crippen molar-refractivity contribution in [2.75, 3.05) is 0 Å². The zero-order chi connectivity index (χ0) is 9.68. The fraction of sp³-hybridized carbons (Fsp3) is 0.300. The molecular formula is C10H12ClNO. The molecule has 1 atom stereocenters. The number of nitrogens with zero attached hydrogens (tertiary/aromatic N) is 1. The highest BCUT2D eigenvalue weighted by molar-refractivity contribution is 6.30. The van der Waals surface area contributed by atoms with E-state index in [2.05, 4.69) is 11.6 Å². The Hall–Kier alpha value is -0.860. The van der Waals surface area contributed by atoms with Crippen LogP contribution in [0.4, 0.5) is 0 Å². The maximum absolute atomic E-state index is 9.59. The maximum Gasteiger partial charge on any atom is 0.0962 e. The summed E-state index contributed by atoms with van der Waals surface area (Å²) in [5.41, 5.74) is 0.659. The molecule has 0 aliphatic carbocycles. The smallest absolute Gasteiger partial charge is 0.0962 e. The van der Waals surface area contributed by atoms with Crippen molar-refractivity contribution in [3.05, 3.63) is 41.7 Å². The zero-order valence-electron chi connectivity index (χ0n) is 7.28. The summed E-state index contributed by atoms with van der Waals surface area (Å²) in [5, 5.41) is 10.2. The molecule has 0 radical (unpaired) electrons. The summed E-state index contributed by atoms with van der Waals surface area (Å²) < 4.78 is 0. The lowest BCUT2D eigenvalue weighted by Crippen LogP contribution is -1.99. The van der Waals surface area contributed by atoms with Gasteiger partial charge in [0.2, 0.25) is 0 Å². The first-order valence-corrected chi connectivity index (χ1v) is 4.52. The summed E-state index contributed by atoms with van der Waals surface area (Å²) in [4.78, 5) is 4.01. The molecule has 0 bridgehead atoms. The van der Waals surface area contributed by atoms with E-state index in [1.165, 1.54) is 6.20 Å². The predicted octanol–water partition coefficient (Wildman–Crippen LogP) is 2.73. The number of hydrogen-bond acceptors (Lipinski definition) is 2. The number of allylic oxidation sites excluding steroid dienone is 1. The second kappa shape index (κ2) is 5.00. The number of aliphatic hydroxyl groups is 1. The Labute approximate surface area is 82.9 Å². The molecule has 1 aromatic rings. The number of halogens is 1. The minimum Gasteiger partial charge on any atom is -0.387 e. The van der Waals surface area contributed by atoms with Gasteiger partial charge in [-0.2, -0.15) is 0 Å². The summed E-state index contributed by atoms with van der Waals surface area (Å²) >= 11 is 5.66. The maximum atomic E-state index is 9.59. The van der Waals surface area contributed by atoms with E-state index in [4.69, 9.17) is 11.6 Å². The molecule has 0 aromatic carbocycles. The molecule has 0 saturated carbocycles. The lowest BCUT2D eigenvalue weighted by Gasteiger charge is -2.07. The van der Waals surface area contributed by atoms with E-state index in [1.807, 2.05) is 0 Å². The van der Waals surface area contributed by atoms with Crippen LogP contribution >= 0.6 is 11.6 Å². The Bertz CT molecular complexity index is 271. The van der Waals surface area contributed by atoms with E-state index in [1.54, 1.807) is 18.2 Å². The Morgan fingerprint density at radius 2 is 2.38 bits per heavy atom. The van der Waals surface area contributed by atoms with Gasteiger partial charge in [-0.1, -0.05) is 17.7 Å². The molecule has 2 nitrogen and oxygen atoms in total. The fourth-order valence-corrected chi connectivity index (χ4v) is 1.12. The number of rotatable bonds is 4. The first-order valence-electron chi connectivity index (χ1n) is 4.14. The first kappa shape index (κ1) is 10.2. The van der Waals surface area contributed by atoms with Gasteiger partial charge in [0.25, 0.3) is 0 Å². The summed E-state index contributed by atoms with van der Waals surface area (Å²) in [6.45, 7) is 3.59. The van der Waals surface area contributed by atoms with Gasteiger partial charge < -0.3 is 5.11 Å². The fourth-order valence-electron chi connectivity index (χ4n) is 1.01. The molecule has 0 spiro atoms. The first-order chi connectivity index (χ1) is 6.24. The lowest BCUT2D eigenvalue weighted by atomic mass is 10.1. The van der Waals surface area contributed by atoms with Crippen LogP contribution in [0.25, 0.3) is 0 Å². The largest absolute Gasteiger partial charge is 0.387 e. The SMILES string of the molecule is C=CCCC(O)c1ccc(Cl)cn1. The molecular weight excluding hydrogens is 186 g/mol. The van der Waals surface area contributed by atoms with Crippen LogP contribution in [0.5, 0.6) is 0 Å². The van der Waals surface area contributed by atoms with Crippen LogP contribution in [-0.4, -0.2) is 10.1 Å². The average molecular weight is 198 g/mol. The summed E-state index contributed by atoms with van der Waals surface area (Å²) in [6, 6.07) is 3.46. The third-order valence-electron chi connectivity index (χ3n) is 1.74. The van der Waals surface area contributed by atoms with Gasteiger partial charge in [0, 0.05) is 6.20 Å². The van der Waals surface area contributed by atoms with Gasteiger partial charge in [-0.05, 0) is 25.0 Å². The molecule has 0 fully saturated rings. The van der Waals surface area contributed by atoms with Crippen molar-refractivity contribution in [3.8, 4) is 0 Å². The number of aliphatic hydroxyl groups excluding tert-OH is 1. The van der Waals surface area contributed by atoms with Gasteiger partial charge in [0.15, 0.2) is 0 Å². The van der Waals surface area contributed by atoms with Gasteiger partial charge in [0.1, 0.15) is 0 Å². The van der Waals surface area contributed by atoms with Gasteiger partial charge in [-0.25, -0.2) is 0 Å². The highest BCUT2D eigenvalue weighted by Gasteiger charge is 2.06. The molecule has 1 aromatic heterocycles. The molecule has 0 aliphatic heterocycles. The van der Waals surface area contributed by atoms with E-state index < -0.39 is 6.10 Å². The van der Waals surface area contributed by atoms with Crippen LogP contribution in [0, 0.1) is 0 Å². The molecule has 0 saturated heterocycles. The Morgan fingerprint density at radius 3 is 2.92 bits per heavy atom. The molecule has 0 amide bonds. The van der Waals surface area contributed by atoms with Crippen molar-refractivity contribution in [1.29, 1.82) is 0 Å². The zero-order valence-corrected chi connectivity index (χ0v) is 8.04. The molecule has 1 heterocycles. The minimum atomic E-state index is -0.518. The third-order valence-corrected chi connectivity index (χ3v) is 1.96. The second-order valence-electron chi connectivity index (χ2n) is 2.78. The van der Waals surface area contributed by atoms with Crippen LogP contribution in [0.15, 0.2) is 31.0 Å². The van der Waals surface area contributed by atoms with Crippen molar-refractivity contribution < 1.29 is 5.11 Å². The number of pyridine rings is 1. The van der Waals surface area contributed by atoms with Crippen LogP contribution in [-0.2, 0) is 0 Å². The lowest BCUT2D eigenvalue weighted by molar-refractivity contribution is 0.164. The Morgan fingerprint density at radius 1 is 1.62 bits per heavy atom. The predicted molar refractivity (Wildman–Crippen MR) is 53.6 cm³/mol. The van der Waals surface area contributed by atoms with Crippen molar-refractivity contribution in [1.82, 2.24) is 4.98 Å². The van der Waals surface area contributed by atoms with Gasteiger partial charge in [-0.15, -0.1) is 6.58 Å². The molecule has 1 N–H and O–H groups in total. The second-order valence-corrected chi connectivity index (χ2v) is 3.22. The van der Waals surface area contributed by atoms with Crippen molar-refractivity contribution in [2.24, 2.45) is 0 Å². The van der Waals surface area contributed by atoms with E-state index in [9.17, 15) is 5.11 Å². The Balaban J connectivity index is 2.60. The quantitative estimate of drug-likeness (QED) is 0.753. The van der Waals surface area contributed by atoms with Crippen LogP contribution in [0.3, 0.4) is 0 Å². The van der Waals surface area contributed by atoms with E-state index in [0.29, 0.717) is 17.1 Å². The van der Waals surface area contributed by atoms with Crippen molar-refractivity contribution >= 4 is 11.6 Å². The normalized spacial score (nSPS) is 12.5. The molecule has 1 rings (SSSR count). The summed E-state index contributed by atoms with van der Waals surface area (Å²) in [7, 11) is 0. The minimum absolute atomic E-state index is 0.518. The van der Waals surface area contributed by atoms with Crippen LogP contribution in [0.2, 0.25) is 5.02 Å². The number of hydrogen-bond donors (Lipinski definition) is 1. The molecule has 0 aliphatic rings. The highest BCUT2D eigenvalue weighted by atomic mass is 35.5. The number of aromatic nitrogens is 1. The third kappa shape index (κ3) is 3.17. The van der Waals surface area contributed by atoms with E-state index in [-0.39, 0.29) is 0 Å².